The van der Waals surface area contributed by atoms with Gasteiger partial charge in [-0.3, -0.25) is 4.79 Å². The maximum Gasteiger partial charge on any atom is 0.244 e. The van der Waals surface area contributed by atoms with Crippen LogP contribution in [0.3, 0.4) is 0 Å². The van der Waals surface area contributed by atoms with Crippen LogP contribution in [-0.4, -0.2) is 32.1 Å². The molecule has 0 spiro atoms. The Balaban J connectivity index is 1.88. The lowest BCUT2D eigenvalue weighted by Gasteiger charge is -2.33. The second kappa shape index (κ2) is 6.48. The van der Waals surface area contributed by atoms with Gasteiger partial charge >= 0.3 is 0 Å². The number of nitrogens with zero attached hydrogens (tertiary/aromatic N) is 1. The maximum atomic E-state index is 12.9. The first-order chi connectivity index (χ1) is 10.3. The molecule has 1 unspecified atom stereocenters. The van der Waals surface area contributed by atoms with Crippen molar-refractivity contribution < 1.29 is 9.53 Å². The molecule has 2 aliphatic heterocycles. The van der Waals surface area contributed by atoms with Crippen LogP contribution in [0.5, 0.6) is 5.75 Å². The van der Waals surface area contributed by atoms with Crippen LogP contribution in [0.2, 0.25) is 0 Å². The molecule has 0 saturated carbocycles. The number of amides is 1. The molecule has 0 radical (unpaired) electrons. The monoisotopic (exact) mass is 288 g/mol. The molecule has 1 saturated heterocycles. The zero-order chi connectivity index (χ0) is 14.7. The second-order valence-electron chi connectivity index (χ2n) is 5.92. The van der Waals surface area contributed by atoms with E-state index in [-0.39, 0.29) is 11.9 Å². The molecule has 2 aliphatic rings. The topological polar surface area (TPSA) is 41.6 Å². The molecule has 0 aliphatic carbocycles. The zero-order valence-electron chi connectivity index (χ0n) is 12.7. The molecule has 1 fully saturated rings. The summed E-state index contributed by atoms with van der Waals surface area (Å²) in [5, 5.41) is 3.41. The molecule has 3 rings (SSSR count). The average Bonchev–Trinajstić information content (AvgIpc) is 2.82. The number of para-hydroxylation sites is 1. The van der Waals surface area contributed by atoms with Gasteiger partial charge in [0.1, 0.15) is 5.75 Å². The maximum absolute atomic E-state index is 12.9. The minimum atomic E-state index is -0.0386. The van der Waals surface area contributed by atoms with Crippen LogP contribution in [0.4, 0.5) is 5.69 Å². The van der Waals surface area contributed by atoms with Crippen molar-refractivity contribution in [2.75, 3.05) is 25.1 Å². The quantitative estimate of drug-likeness (QED) is 0.909. The lowest BCUT2D eigenvalue weighted by Crippen LogP contribution is -2.48. The molecule has 1 atom stereocenters. The molecule has 0 bridgehead atoms. The van der Waals surface area contributed by atoms with Gasteiger partial charge < -0.3 is 15.0 Å². The predicted molar refractivity (Wildman–Crippen MR) is 83.9 cm³/mol. The number of hydrogen-bond donors (Lipinski definition) is 1. The van der Waals surface area contributed by atoms with E-state index in [9.17, 15) is 4.79 Å². The fraction of sp³-hybridized carbons (Fsp3) is 0.588. The van der Waals surface area contributed by atoms with Crippen molar-refractivity contribution in [1.29, 1.82) is 0 Å². The fourth-order valence-electron chi connectivity index (χ4n) is 3.43. The number of anilines is 1. The van der Waals surface area contributed by atoms with Gasteiger partial charge in [-0.15, -0.1) is 0 Å². The Morgan fingerprint density at radius 3 is 3.05 bits per heavy atom. The van der Waals surface area contributed by atoms with Crippen LogP contribution in [0.25, 0.3) is 0 Å². The SMILES string of the molecule is COc1cccc2c1N(C(=O)C1CCCCCN1)CCC2. The number of carbonyl (C=O) groups is 1. The van der Waals surface area contributed by atoms with Gasteiger partial charge in [0.2, 0.25) is 5.91 Å². The van der Waals surface area contributed by atoms with Gasteiger partial charge in [-0.05, 0) is 43.9 Å². The lowest BCUT2D eigenvalue weighted by molar-refractivity contribution is -0.120. The van der Waals surface area contributed by atoms with E-state index < -0.39 is 0 Å². The number of benzene rings is 1. The Labute approximate surface area is 126 Å². The molecule has 1 aromatic rings. The first-order valence-electron chi connectivity index (χ1n) is 8.02. The molecule has 4 heteroatoms. The number of carbonyl (C=O) groups excluding carboxylic acids is 1. The molecule has 4 nitrogen and oxygen atoms in total. The van der Waals surface area contributed by atoms with Gasteiger partial charge in [-0.1, -0.05) is 25.0 Å². The third-order valence-electron chi connectivity index (χ3n) is 4.52. The highest BCUT2D eigenvalue weighted by Gasteiger charge is 2.30. The van der Waals surface area contributed by atoms with Crippen molar-refractivity contribution >= 4 is 11.6 Å². The average molecular weight is 288 g/mol. The summed E-state index contributed by atoms with van der Waals surface area (Å²) in [5.74, 6) is 1.02. The van der Waals surface area contributed by atoms with Gasteiger partial charge in [0, 0.05) is 6.54 Å². The van der Waals surface area contributed by atoms with Crippen molar-refractivity contribution in [3.05, 3.63) is 23.8 Å². The first kappa shape index (κ1) is 14.4. The summed E-state index contributed by atoms with van der Waals surface area (Å²) in [5.41, 5.74) is 2.21. The molecular formula is C17H24N2O2. The number of fused-ring (bicyclic) bond motifs is 1. The van der Waals surface area contributed by atoms with Crippen molar-refractivity contribution in [1.82, 2.24) is 5.32 Å². The van der Waals surface area contributed by atoms with Gasteiger partial charge in [0.15, 0.2) is 0 Å². The van der Waals surface area contributed by atoms with Crippen LogP contribution in [0, 0.1) is 0 Å². The van der Waals surface area contributed by atoms with Crippen molar-refractivity contribution in [3.63, 3.8) is 0 Å². The van der Waals surface area contributed by atoms with Gasteiger partial charge in [0.05, 0.1) is 18.8 Å². The minimum absolute atomic E-state index is 0.0386. The van der Waals surface area contributed by atoms with Gasteiger partial charge in [-0.2, -0.15) is 0 Å². The van der Waals surface area contributed by atoms with E-state index in [0.717, 1.165) is 50.2 Å². The van der Waals surface area contributed by atoms with Crippen LogP contribution in [-0.2, 0) is 11.2 Å². The van der Waals surface area contributed by atoms with Gasteiger partial charge in [-0.25, -0.2) is 0 Å². The van der Waals surface area contributed by atoms with E-state index in [1.807, 2.05) is 17.0 Å². The van der Waals surface area contributed by atoms with Crippen molar-refractivity contribution in [2.45, 2.75) is 44.6 Å². The third kappa shape index (κ3) is 2.91. The third-order valence-corrected chi connectivity index (χ3v) is 4.52. The van der Waals surface area contributed by atoms with E-state index in [4.69, 9.17) is 4.74 Å². The second-order valence-corrected chi connectivity index (χ2v) is 5.92. The predicted octanol–water partition coefficient (Wildman–Crippen LogP) is 2.51. The van der Waals surface area contributed by atoms with Crippen LogP contribution in [0.15, 0.2) is 18.2 Å². The highest BCUT2D eigenvalue weighted by molar-refractivity contribution is 5.99. The Morgan fingerprint density at radius 2 is 2.19 bits per heavy atom. The van der Waals surface area contributed by atoms with E-state index in [1.165, 1.54) is 18.4 Å². The van der Waals surface area contributed by atoms with E-state index >= 15 is 0 Å². The Hall–Kier alpha value is -1.55. The van der Waals surface area contributed by atoms with Crippen LogP contribution >= 0.6 is 0 Å². The van der Waals surface area contributed by atoms with E-state index in [2.05, 4.69) is 11.4 Å². The number of ether oxygens (including phenoxy) is 1. The molecule has 2 heterocycles. The molecule has 1 amide bonds. The summed E-state index contributed by atoms with van der Waals surface area (Å²) in [7, 11) is 1.68. The molecule has 114 valence electrons. The standard InChI is InChI=1S/C17H24N2O2/c1-21-15-10-5-7-13-8-6-12-19(16(13)15)17(20)14-9-3-2-4-11-18-14/h5,7,10,14,18H,2-4,6,8-9,11-12H2,1H3. The Bertz CT molecular complexity index is 493. The molecular weight excluding hydrogens is 264 g/mol. The highest BCUT2D eigenvalue weighted by Crippen LogP contribution is 2.36. The van der Waals surface area contributed by atoms with Gasteiger partial charge in [0.25, 0.3) is 0 Å². The summed E-state index contributed by atoms with van der Waals surface area (Å²) in [6.45, 7) is 1.74. The molecule has 21 heavy (non-hydrogen) atoms. The number of nitrogens with one attached hydrogen (secondary N) is 1. The van der Waals surface area contributed by atoms with E-state index in [1.54, 1.807) is 7.11 Å². The lowest BCUT2D eigenvalue weighted by atomic mass is 9.99. The smallest absolute Gasteiger partial charge is 0.244 e. The minimum Gasteiger partial charge on any atom is -0.495 e. The largest absolute Gasteiger partial charge is 0.495 e. The number of aryl methyl sites for hydroxylation is 1. The zero-order valence-corrected chi connectivity index (χ0v) is 12.7. The summed E-state index contributed by atoms with van der Waals surface area (Å²) in [4.78, 5) is 14.9. The number of methoxy groups -OCH3 is 1. The van der Waals surface area contributed by atoms with Crippen molar-refractivity contribution in [2.24, 2.45) is 0 Å². The Morgan fingerprint density at radius 1 is 1.29 bits per heavy atom. The summed E-state index contributed by atoms with van der Waals surface area (Å²) < 4.78 is 5.49. The summed E-state index contributed by atoms with van der Waals surface area (Å²) in [6.07, 6.45) is 6.52. The normalized spacial score (nSPS) is 22.3. The first-order valence-corrected chi connectivity index (χ1v) is 8.02. The number of hydrogen-bond acceptors (Lipinski definition) is 3. The van der Waals surface area contributed by atoms with Crippen molar-refractivity contribution in [3.8, 4) is 5.75 Å². The van der Waals surface area contributed by atoms with Crippen LogP contribution < -0.4 is 15.0 Å². The van der Waals surface area contributed by atoms with E-state index in [0.29, 0.717) is 0 Å². The highest BCUT2D eigenvalue weighted by atomic mass is 16.5. The molecule has 0 aromatic heterocycles. The molecule has 1 N–H and O–H groups in total. The summed E-state index contributed by atoms with van der Waals surface area (Å²) >= 11 is 0. The summed E-state index contributed by atoms with van der Waals surface area (Å²) in [6, 6.07) is 6.03. The fourth-order valence-corrected chi connectivity index (χ4v) is 3.43. The number of rotatable bonds is 2. The van der Waals surface area contributed by atoms with Crippen LogP contribution in [0.1, 0.15) is 37.7 Å². The Kier molecular flexibility index (Phi) is 4.44. The molecule has 1 aromatic carbocycles.